The number of aryl methyl sites for hydroxylation is 1. The van der Waals surface area contributed by atoms with E-state index in [4.69, 9.17) is 23.2 Å². The van der Waals surface area contributed by atoms with Gasteiger partial charge in [0.1, 0.15) is 6.33 Å². The predicted molar refractivity (Wildman–Crippen MR) is 115 cm³/mol. The van der Waals surface area contributed by atoms with Crippen LogP contribution < -0.4 is 10.0 Å². The zero-order chi connectivity index (χ0) is 20.1. The SMILES string of the molecule is Cc1ncnc2c(C(=O)Nc3c(Cl)ccc(NSCCCF)c3Cl)cccc12. The van der Waals surface area contributed by atoms with Crippen LogP contribution in [0.4, 0.5) is 15.8 Å². The van der Waals surface area contributed by atoms with E-state index in [0.717, 1.165) is 11.1 Å². The van der Waals surface area contributed by atoms with Crippen LogP contribution >= 0.6 is 35.1 Å². The molecule has 28 heavy (non-hydrogen) atoms. The molecule has 9 heteroatoms. The molecule has 0 aliphatic rings. The summed E-state index contributed by atoms with van der Waals surface area (Å²) in [6.45, 7) is 1.48. The lowest BCUT2D eigenvalue weighted by molar-refractivity contribution is 0.102. The number of para-hydroxylation sites is 1. The average molecular weight is 439 g/mol. The second kappa shape index (κ2) is 9.41. The fraction of sp³-hybridized carbons (Fsp3) is 0.211. The Labute approximate surface area is 176 Å². The van der Waals surface area contributed by atoms with Gasteiger partial charge in [0, 0.05) is 16.8 Å². The number of fused-ring (bicyclic) bond motifs is 1. The molecule has 0 bridgehead atoms. The van der Waals surface area contributed by atoms with E-state index in [2.05, 4.69) is 20.0 Å². The Morgan fingerprint density at radius 1 is 1.21 bits per heavy atom. The van der Waals surface area contributed by atoms with Crippen LogP contribution in [0.3, 0.4) is 0 Å². The van der Waals surface area contributed by atoms with Gasteiger partial charge >= 0.3 is 0 Å². The molecule has 1 aromatic heterocycles. The van der Waals surface area contributed by atoms with Crippen molar-refractivity contribution < 1.29 is 9.18 Å². The number of nitrogens with one attached hydrogen (secondary N) is 2. The van der Waals surface area contributed by atoms with E-state index in [1.165, 1.54) is 18.3 Å². The molecule has 1 heterocycles. The fourth-order valence-electron chi connectivity index (χ4n) is 2.58. The smallest absolute Gasteiger partial charge is 0.257 e. The number of nitrogens with zero attached hydrogens (tertiary/aromatic N) is 2. The number of halogens is 3. The number of benzene rings is 2. The molecule has 0 saturated heterocycles. The molecular formula is C19H17Cl2FN4OS. The van der Waals surface area contributed by atoms with Gasteiger partial charge in [-0.2, -0.15) is 0 Å². The van der Waals surface area contributed by atoms with Crippen LogP contribution in [0, 0.1) is 6.92 Å². The first-order chi connectivity index (χ1) is 13.5. The van der Waals surface area contributed by atoms with Crippen LogP contribution in [-0.2, 0) is 0 Å². The van der Waals surface area contributed by atoms with Crippen LogP contribution in [0.15, 0.2) is 36.7 Å². The Balaban J connectivity index is 1.87. The van der Waals surface area contributed by atoms with Gasteiger partial charge in [-0.25, -0.2) is 9.97 Å². The molecule has 0 saturated carbocycles. The molecule has 5 nitrogen and oxygen atoms in total. The number of hydrogen-bond acceptors (Lipinski definition) is 5. The molecule has 0 aliphatic heterocycles. The highest BCUT2D eigenvalue weighted by Gasteiger charge is 2.17. The zero-order valence-corrected chi connectivity index (χ0v) is 17.3. The molecule has 0 spiro atoms. The van der Waals surface area contributed by atoms with Crippen LogP contribution in [0.25, 0.3) is 10.9 Å². The molecule has 0 fully saturated rings. The van der Waals surface area contributed by atoms with Crippen molar-refractivity contribution in [2.75, 3.05) is 22.5 Å². The van der Waals surface area contributed by atoms with Crippen molar-refractivity contribution in [2.24, 2.45) is 0 Å². The highest BCUT2D eigenvalue weighted by molar-refractivity contribution is 8.00. The highest BCUT2D eigenvalue weighted by atomic mass is 35.5. The molecule has 2 N–H and O–H groups in total. The minimum absolute atomic E-state index is 0.277. The molecule has 1 amide bonds. The first kappa shape index (κ1) is 20.6. The Kier molecular flexibility index (Phi) is 6.93. The minimum atomic E-state index is -0.380. The van der Waals surface area contributed by atoms with Crippen LogP contribution in [0.5, 0.6) is 0 Å². The second-order valence-corrected chi connectivity index (χ2v) is 7.58. The van der Waals surface area contributed by atoms with Crippen LogP contribution in [0.2, 0.25) is 10.0 Å². The van der Waals surface area contributed by atoms with Crippen molar-refractivity contribution in [1.29, 1.82) is 0 Å². The third-order valence-corrected chi connectivity index (χ3v) is 5.57. The van der Waals surface area contributed by atoms with Crippen LogP contribution in [0.1, 0.15) is 22.5 Å². The van der Waals surface area contributed by atoms with Crippen molar-refractivity contribution in [3.63, 3.8) is 0 Å². The number of hydrogen-bond donors (Lipinski definition) is 2. The van der Waals surface area contributed by atoms with Crippen LogP contribution in [-0.4, -0.2) is 28.3 Å². The molecule has 3 rings (SSSR count). The molecule has 2 aromatic carbocycles. The fourth-order valence-corrected chi connectivity index (χ4v) is 3.83. The van der Waals surface area contributed by atoms with Gasteiger partial charge in [0.2, 0.25) is 0 Å². The molecule has 0 atom stereocenters. The molecule has 0 aliphatic carbocycles. The summed E-state index contributed by atoms with van der Waals surface area (Å²) in [7, 11) is 0. The van der Waals surface area contributed by atoms with Gasteiger partial charge in [-0.15, -0.1) is 0 Å². The van der Waals surface area contributed by atoms with E-state index < -0.39 is 0 Å². The van der Waals surface area contributed by atoms with Crippen molar-refractivity contribution in [2.45, 2.75) is 13.3 Å². The molecule has 3 aromatic rings. The summed E-state index contributed by atoms with van der Waals surface area (Å²) in [6.07, 6.45) is 1.86. The summed E-state index contributed by atoms with van der Waals surface area (Å²) >= 11 is 14.0. The van der Waals surface area contributed by atoms with Gasteiger partial charge < -0.3 is 10.0 Å². The maximum atomic E-state index is 12.9. The van der Waals surface area contributed by atoms with E-state index >= 15 is 0 Å². The lowest BCUT2D eigenvalue weighted by atomic mass is 10.1. The summed E-state index contributed by atoms with van der Waals surface area (Å²) < 4.78 is 15.3. The Hall–Kier alpha value is -2.09. The number of anilines is 2. The van der Waals surface area contributed by atoms with Crippen molar-refractivity contribution in [3.8, 4) is 0 Å². The number of carbonyl (C=O) groups excluding carboxylic acids is 1. The summed E-state index contributed by atoms with van der Waals surface area (Å²) in [4.78, 5) is 21.3. The van der Waals surface area contributed by atoms with Crippen molar-refractivity contribution in [1.82, 2.24) is 9.97 Å². The Bertz CT molecular complexity index is 1020. The minimum Gasteiger partial charge on any atom is -0.328 e. The third-order valence-electron chi connectivity index (χ3n) is 4.00. The maximum Gasteiger partial charge on any atom is 0.257 e. The standard InChI is InChI=1S/C19H17Cl2FN4OS/c1-11-12-4-2-5-13(17(12)24-10-23-11)19(27)25-18-14(20)6-7-15(16(18)21)26-28-9-3-8-22/h2,4-7,10,26H,3,8-9H2,1H3,(H,25,27). The monoisotopic (exact) mass is 438 g/mol. The number of carbonyl (C=O) groups is 1. The number of aromatic nitrogens is 2. The van der Waals surface area contributed by atoms with Gasteiger partial charge in [-0.05, 0) is 31.5 Å². The molecular weight excluding hydrogens is 422 g/mol. The molecule has 0 unspecified atom stereocenters. The van der Waals surface area contributed by atoms with Gasteiger partial charge in [-0.1, -0.05) is 47.3 Å². The quantitative estimate of drug-likeness (QED) is 0.354. The van der Waals surface area contributed by atoms with E-state index in [-0.39, 0.29) is 17.6 Å². The van der Waals surface area contributed by atoms with Gasteiger partial charge in [0.15, 0.2) is 0 Å². The average Bonchev–Trinajstić information content (AvgIpc) is 2.69. The van der Waals surface area contributed by atoms with Crippen molar-refractivity contribution in [3.05, 3.63) is 58.0 Å². The predicted octanol–water partition coefficient (Wildman–Crippen LogP) is 5.92. The van der Waals surface area contributed by atoms with E-state index in [9.17, 15) is 9.18 Å². The molecule has 146 valence electrons. The molecule has 0 radical (unpaired) electrons. The summed E-state index contributed by atoms with van der Waals surface area (Å²) in [5.41, 5.74) is 2.61. The second-order valence-electron chi connectivity index (χ2n) is 5.89. The zero-order valence-electron chi connectivity index (χ0n) is 14.9. The van der Waals surface area contributed by atoms with E-state index in [1.807, 2.05) is 13.0 Å². The maximum absolute atomic E-state index is 12.9. The van der Waals surface area contributed by atoms with Crippen molar-refractivity contribution >= 4 is 63.3 Å². The number of alkyl halides is 1. The number of amides is 1. The van der Waals surface area contributed by atoms with E-state index in [1.54, 1.807) is 24.3 Å². The highest BCUT2D eigenvalue weighted by Crippen LogP contribution is 2.38. The lowest BCUT2D eigenvalue weighted by Crippen LogP contribution is -2.14. The summed E-state index contributed by atoms with van der Waals surface area (Å²) in [5.74, 6) is 0.210. The van der Waals surface area contributed by atoms with Gasteiger partial charge in [0.25, 0.3) is 5.91 Å². The largest absolute Gasteiger partial charge is 0.328 e. The first-order valence-corrected chi connectivity index (χ1v) is 10.2. The lowest BCUT2D eigenvalue weighted by Gasteiger charge is -2.14. The Morgan fingerprint density at radius 3 is 2.82 bits per heavy atom. The first-order valence-electron chi connectivity index (χ1n) is 8.46. The topological polar surface area (TPSA) is 66.9 Å². The Morgan fingerprint density at radius 2 is 2.04 bits per heavy atom. The van der Waals surface area contributed by atoms with E-state index in [0.29, 0.717) is 39.7 Å². The normalized spacial score (nSPS) is 10.9. The number of rotatable bonds is 7. The summed E-state index contributed by atoms with van der Waals surface area (Å²) in [6, 6.07) is 8.66. The summed E-state index contributed by atoms with van der Waals surface area (Å²) in [5, 5.41) is 4.16. The van der Waals surface area contributed by atoms with Gasteiger partial charge in [-0.3, -0.25) is 9.18 Å². The van der Waals surface area contributed by atoms with Gasteiger partial charge in [0.05, 0.1) is 39.2 Å². The third kappa shape index (κ3) is 4.48.